The second-order valence-electron chi connectivity index (χ2n) is 4.85. The predicted molar refractivity (Wildman–Crippen MR) is 77.7 cm³/mol. The Balaban J connectivity index is 1.80. The molecule has 0 spiro atoms. The molecule has 1 aromatic heterocycles. The van der Waals surface area contributed by atoms with E-state index in [1.54, 1.807) is 0 Å². The third-order valence-corrected chi connectivity index (χ3v) is 3.17. The number of benzene rings is 1. The monoisotopic (exact) mass is 334 g/mol. The van der Waals surface area contributed by atoms with Gasteiger partial charge in [0, 0.05) is 18.0 Å². The van der Waals surface area contributed by atoms with Crippen LogP contribution in [-0.2, 0) is 0 Å². The fourth-order valence-corrected chi connectivity index (χ4v) is 2.18. The van der Waals surface area contributed by atoms with E-state index in [4.69, 9.17) is 0 Å². The van der Waals surface area contributed by atoms with Crippen LogP contribution in [0.1, 0.15) is 20.8 Å². The number of hydrogen-bond donors (Lipinski definition) is 1. The maximum Gasteiger partial charge on any atom is 0.573 e. The number of anilines is 1. The van der Waals surface area contributed by atoms with Crippen molar-refractivity contribution in [1.82, 2.24) is 4.98 Å². The molecule has 0 amide bonds. The van der Waals surface area contributed by atoms with Gasteiger partial charge in [-0.2, -0.15) is 0 Å². The molecule has 0 saturated carbocycles. The number of carbonyl (C=O) groups is 2. The molecule has 8 heteroatoms. The summed E-state index contributed by atoms with van der Waals surface area (Å²) >= 11 is 0. The van der Waals surface area contributed by atoms with Gasteiger partial charge in [-0.1, -0.05) is 0 Å². The zero-order valence-corrected chi connectivity index (χ0v) is 11.9. The van der Waals surface area contributed by atoms with Crippen molar-refractivity contribution in [1.29, 1.82) is 0 Å². The van der Waals surface area contributed by atoms with E-state index in [9.17, 15) is 22.8 Å². The lowest BCUT2D eigenvalue weighted by Crippen LogP contribution is -2.22. The molecule has 0 atom stereocenters. The summed E-state index contributed by atoms with van der Waals surface area (Å²) in [5, 5.41) is 2.72. The van der Waals surface area contributed by atoms with Crippen molar-refractivity contribution in [2.75, 3.05) is 5.32 Å². The Hall–Kier alpha value is -3.16. The molecule has 5 nitrogen and oxygen atoms in total. The SMILES string of the molecule is O=C1C(Nc2ccc(OC(F)(F)F)cc2)=CC(=O)c2ncccc21. The van der Waals surface area contributed by atoms with Gasteiger partial charge in [-0.3, -0.25) is 14.6 Å². The number of ketones is 2. The topological polar surface area (TPSA) is 68.3 Å². The van der Waals surface area contributed by atoms with E-state index in [1.807, 2.05) is 0 Å². The highest BCUT2D eigenvalue weighted by atomic mass is 19.4. The van der Waals surface area contributed by atoms with E-state index in [0.717, 1.165) is 18.2 Å². The first kappa shape index (κ1) is 15.7. The fraction of sp³-hybridized carbons (Fsp3) is 0.0625. The van der Waals surface area contributed by atoms with Crippen LogP contribution in [0.4, 0.5) is 18.9 Å². The highest BCUT2D eigenvalue weighted by molar-refractivity contribution is 6.24. The molecule has 0 aliphatic heterocycles. The van der Waals surface area contributed by atoms with Crippen LogP contribution in [0.2, 0.25) is 0 Å². The molecule has 1 aliphatic carbocycles. The molecular weight excluding hydrogens is 325 g/mol. The van der Waals surface area contributed by atoms with Gasteiger partial charge in [0.25, 0.3) is 0 Å². The number of hydrogen-bond acceptors (Lipinski definition) is 5. The van der Waals surface area contributed by atoms with Gasteiger partial charge in [0.2, 0.25) is 11.6 Å². The minimum atomic E-state index is -4.78. The zero-order chi connectivity index (χ0) is 17.3. The van der Waals surface area contributed by atoms with Crippen molar-refractivity contribution < 1.29 is 27.5 Å². The van der Waals surface area contributed by atoms with E-state index >= 15 is 0 Å². The number of rotatable bonds is 3. The summed E-state index contributed by atoms with van der Waals surface area (Å²) in [6.07, 6.45) is -2.26. The molecular formula is C16H9F3N2O3. The molecule has 0 saturated heterocycles. The second kappa shape index (κ2) is 5.80. The van der Waals surface area contributed by atoms with Crippen LogP contribution in [0.15, 0.2) is 54.4 Å². The number of allylic oxidation sites excluding steroid dienone is 2. The molecule has 1 aromatic carbocycles. The third kappa shape index (κ3) is 3.27. The average molecular weight is 334 g/mol. The standard InChI is InChI=1S/C16H9F3N2O3/c17-16(18,19)24-10-5-3-9(4-6-10)21-12-8-13(22)14-11(15(12)23)2-1-7-20-14/h1-8,21H. The summed E-state index contributed by atoms with van der Waals surface area (Å²) in [5.74, 6) is -1.24. The molecule has 3 rings (SSSR count). The predicted octanol–water partition coefficient (Wildman–Crippen LogP) is 3.36. The summed E-state index contributed by atoms with van der Waals surface area (Å²) in [6.45, 7) is 0. The van der Waals surface area contributed by atoms with Crippen LogP contribution in [0, 0.1) is 0 Å². The smallest absolute Gasteiger partial charge is 0.406 e. The number of ether oxygens (including phenoxy) is 1. The van der Waals surface area contributed by atoms with Gasteiger partial charge in [0.05, 0.1) is 11.3 Å². The number of fused-ring (bicyclic) bond motifs is 1. The Kier molecular flexibility index (Phi) is 3.80. The maximum absolute atomic E-state index is 12.3. The Morgan fingerprint density at radius 3 is 2.42 bits per heavy atom. The molecule has 0 unspecified atom stereocenters. The van der Waals surface area contributed by atoms with Crippen molar-refractivity contribution in [3.05, 3.63) is 65.6 Å². The number of nitrogens with zero attached hydrogens (tertiary/aromatic N) is 1. The molecule has 0 radical (unpaired) electrons. The Bertz CT molecular complexity index is 842. The molecule has 2 aromatic rings. The number of pyridine rings is 1. The van der Waals surface area contributed by atoms with Gasteiger partial charge in [-0.25, -0.2) is 0 Å². The summed E-state index contributed by atoms with van der Waals surface area (Å²) < 4.78 is 40.1. The van der Waals surface area contributed by atoms with Gasteiger partial charge in [-0.05, 0) is 36.4 Å². The number of aromatic nitrogens is 1. The lowest BCUT2D eigenvalue weighted by atomic mass is 9.97. The lowest BCUT2D eigenvalue weighted by molar-refractivity contribution is -0.274. The molecule has 24 heavy (non-hydrogen) atoms. The Labute approximate surface area is 133 Å². The highest BCUT2D eigenvalue weighted by Gasteiger charge is 2.31. The molecule has 122 valence electrons. The maximum atomic E-state index is 12.3. The van der Waals surface area contributed by atoms with E-state index in [2.05, 4.69) is 15.0 Å². The molecule has 1 heterocycles. The van der Waals surface area contributed by atoms with Crippen molar-refractivity contribution in [2.45, 2.75) is 6.36 Å². The van der Waals surface area contributed by atoms with Gasteiger partial charge in [0.15, 0.2) is 0 Å². The van der Waals surface area contributed by atoms with Crippen LogP contribution in [0.25, 0.3) is 0 Å². The van der Waals surface area contributed by atoms with Crippen LogP contribution in [-0.4, -0.2) is 22.9 Å². The summed E-state index contributed by atoms with van der Waals surface area (Å²) in [4.78, 5) is 28.2. The first-order chi connectivity index (χ1) is 11.3. The largest absolute Gasteiger partial charge is 0.573 e. The van der Waals surface area contributed by atoms with E-state index in [0.29, 0.717) is 5.69 Å². The van der Waals surface area contributed by atoms with Gasteiger partial charge in [0.1, 0.15) is 11.4 Å². The van der Waals surface area contributed by atoms with Gasteiger partial charge >= 0.3 is 6.36 Å². The number of nitrogens with one attached hydrogen (secondary N) is 1. The first-order valence-electron chi connectivity index (χ1n) is 6.72. The van der Waals surface area contributed by atoms with Crippen molar-refractivity contribution in [2.24, 2.45) is 0 Å². The number of carbonyl (C=O) groups excluding carboxylic acids is 2. The normalized spacial score (nSPS) is 14.0. The van der Waals surface area contributed by atoms with Crippen molar-refractivity contribution in [3.8, 4) is 5.75 Å². The minimum Gasteiger partial charge on any atom is -0.406 e. The van der Waals surface area contributed by atoms with E-state index in [1.165, 1.54) is 30.5 Å². The number of halogens is 3. The first-order valence-corrected chi connectivity index (χ1v) is 6.72. The number of alkyl halides is 3. The molecule has 0 bridgehead atoms. The lowest BCUT2D eigenvalue weighted by Gasteiger charge is -2.16. The van der Waals surface area contributed by atoms with Crippen LogP contribution in [0.3, 0.4) is 0 Å². The summed E-state index contributed by atoms with van der Waals surface area (Å²) in [7, 11) is 0. The Morgan fingerprint density at radius 2 is 1.75 bits per heavy atom. The summed E-state index contributed by atoms with van der Waals surface area (Å²) in [6, 6.07) is 7.83. The van der Waals surface area contributed by atoms with E-state index in [-0.39, 0.29) is 22.7 Å². The van der Waals surface area contributed by atoms with Crippen molar-refractivity contribution >= 4 is 17.3 Å². The van der Waals surface area contributed by atoms with Gasteiger partial charge < -0.3 is 10.1 Å². The summed E-state index contributed by atoms with van der Waals surface area (Å²) in [5.41, 5.74) is 0.598. The highest BCUT2D eigenvalue weighted by Crippen LogP contribution is 2.26. The van der Waals surface area contributed by atoms with Crippen LogP contribution in [0.5, 0.6) is 5.75 Å². The molecule has 1 N–H and O–H groups in total. The van der Waals surface area contributed by atoms with Gasteiger partial charge in [-0.15, -0.1) is 13.2 Å². The minimum absolute atomic E-state index is 0.0185. The average Bonchev–Trinajstić information content (AvgIpc) is 2.53. The van der Waals surface area contributed by atoms with Crippen LogP contribution >= 0.6 is 0 Å². The second-order valence-corrected chi connectivity index (χ2v) is 4.85. The molecule has 1 aliphatic rings. The van der Waals surface area contributed by atoms with Crippen molar-refractivity contribution in [3.63, 3.8) is 0 Å². The Morgan fingerprint density at radius 1 is 1.04 bits per heavy atom. The fourth-order valence-electron chi connectivity index (χ4n) is 2.18. The number of Topliss-reactive ketones (excluding diaryl/α,β-unsaturated/α-hetero) is 1. The molecule has 0 fully saturated rings. The van der Waals surface area contributed by atoms with Crippen LogP contribution < -0.4 is 10.1 Å². The quantitative estimate of drug-likeness (QED) is 0.932. The zero-order valence-electron chi connectivity index (χ0n) is 11.9. The third-order valence-electron chi connectivity index (χ3n) is 3.17. The van der Waals surface area contributed by atoms with E-state index < -0.39 is 17.9 Å².